The molecule has 0 bridgehead atoms. The second-order valence-electron chi connectivity index (χ2n) is 10.9. The van der Waals surface area contributed by atoms with Gasteiger partial charge in [-0.3, -0.25) is 14.3 Å². The summed E-state index contributed by atoms with van der Waals surface area (Å²) in [6.07, 6.45) is 19.4. The number of anilines is 1. The standard InChI is InChI=1S/C29H54N5O7P/c1-3-4-5-6-7-8-9-10-11-12-13-14-15-16-18-39-19-17-20-41-42(36,37)24-40-25(22-38-2)21-34-23-31-26-27(34)32-29(30)33-28(26)35/h23,25H,3-22,24H2,1-2H3,(H,36,37)(H3,30,32,33,35)/t25-/m1/s1. The molecule has 2 aromatic rings. The Bertz CT molecular complexity index is 1080. The van der Waals surface area contributed by atoms with Crippen molar-refractivity contribution in [1.82, 2.24) is 19.5 Å². The minimum atomic E-state index is -3.97. The summed E-state index contributed by atoms with van der Waals surface area (Å²) in [7, 11) is -2.47. The van der Waals surface area contributed by atoms with Crippen LogP contribution >= 0.6 is 7.60 Å². The predicted octanol–water partition coefficient (Wildman–Crippen LogP) is 5.78. The lowest BCUT2D eigenvalue weighted by molar-refractivity contribution is 0.00219. The smallest absolute Gasteiger partial charge is 0.353 e. The van der Waals surface area contributed by atoms with E-state index >= 15 is 0 Å². The largest absolute Gasteiger partial charge is 0.382 e. The number of nitrogen functional groups attached to an aromatic ring is 1. The third kappa shape index (κ3) is 15.6. The van der Waals surface area contributed by atoms with Crippen LogP contribution in [0.3, 0.4) is 0 Å². The molecule has 0 aliphatic heterocycles. The van der Waals surface area contributed by atoms with Gasteiger partial charge < -0.3 is 33.9 Å². The van der Waals surface area contributed by atoms with Crippen molar-refractivity contribution in [2.24, 2.45) is 0 Å². The van der Waals surface area contributed by atoms with Gasteiger partial charge in [-0.15, -0.1) is 0 Å². The van der Waals surface area contributed by atoms with Crippen LogP contribution in [0.25, 0.3) is 11.2 Å². The zero-order chi connectivity index (χ0) is 30.5. The highest BCUT2D eigenvalue weighted by Gasteiger charge is 2.23. The van der Waals surface area contributed by atoms with E-state index in [9.17, 15) is 14.3 Å². The monoisotopic (exact) mass is 615 g/mol. The van der Waals surface area contributed by atoms with Crippen LogP contribution in [0.5, 0.6) is 0 Å². The fourth-order valence-electron chi connectivity index (χ4n) is 4.77. The molecule has 2 aromatic heterocycles. The van der Waals surface area contributed by atoms with Gasteiger partial charge in [-0.05, 0) is 12.8 Å². The van der Waals surface area contributed by atoms with Crippen LogP contribution < -0.4 is 11.3 Å². The SMILES string of the molecule is CCCCCCCCCCCCCCCCOCCCOP(=O)(O)CO[C@@H](COC)Cn1cnc2c(=O)[nH]c(N)nc21. The van der Waals surface area contributed by atoms with Crippen LogP contribution in [0, 0.1) is 0 Å². The highest BCUT2D eigenvalue weighted by atomic mass is 31.2. The van der Waals surface area contributed by atoms with E-state index in [2.05, 4.69) is 21.9 Å². The van der Waals surface area contributed by atoms with E-state index in [-0.39, 0.29) is 31.2 Å². The molecule has 242 valence electrons. The third-order valence-electron chi connectivity index (χ3n) is 7.09. The molecular formula is C29H54N5O7P. The number of rotatable bonds is 27. The van der Waals surface area contributed by atoms with Crippen molar-refractivity contribution in [3.8, 4) is 0 Å². The molecule has 13 heteroatoms. The molecule has 4 N–H and O–H groups in total. The van der Waals surface area contributed by atoms with E-state index in [1.807, 2.05) is 0 Å². The van der Waals surface area contributed by atoms with Crippen molar-refractivity contribution in [3.63, 3.8) is 0 Å². The lowest BCUT2D eigenvalue weighted by Crippen LogP contribution is -2.26. The van der Waals surface area contributed by atoms with Gasteiger partial charge in [0, 0.05) is 20.3 Å². The molecule has 0 aromatic carbocycles. The number of nitrogens with zero attached hydrogens (tertiary/aromatic N) is 3. The molecule has 0 aliphatic rings. The number of hydrogen-bond acceptors (Lipinski definition) is 9. The molecule has 1 unspecified atom stereocenters. The zero-order valence-electron chi connectivity index (χ0n) is 25.8. The maximum Gasteiger partial charge on any atom is 0.353 e. The Morgan fingerprint density at radius 1 is 0.952 bits per heavy atom. The summed E-state index contributed by atoms with van der Waals surface area (Å²) >= 11 is 0. The Morgan fingerprint density at radius 2 is 1.55 bits per heavy atom. The third-order valence-corrected chi connectivity index (χ3v) is 8.15. The molecule has 0 saturated carbocycles. The molecule has 2 atom stereocenters. The number of nitrogens with one attached hydrogen (secondary N) is 1. The average Bonchev–Trinajstić information content (AvgIpc) is 3.35. The number of unbranched alkanes of at least 4 members (excludes halogenated alkanes) is 13. The van der Waals surface area contributed by atoms with E-state index < -0.39 is 25.6 Å². The first-order valence-corrected chi connectivity index (χ1v) is 17.5. The lowest BCUT2D eigenvalue weighted by Gasteiger charge is -2.20. The van der Waals surface area contributed by atoms with E-state index in [4.69, 9.17) is 24.5 Å². The van der Waals surface area contributed by atoms with Crippen LogP contribution in [0.15, 0.2) is 11.1 Å². The summed E-state index contributed by atoms with van der Waals surface area (Å²) in [5.41, 5.74) is 5.63. The molecule has 0 aliphatic carbocycles. The number of ether oxygens (including phenoxy) is 3. The topological polar surface area (TPSA) is 164 Å². The first kappa shape index (κ1) is 36.4. The summed E-state index contributed by atoms with van der Waals surface area (Å²) in [4.78, 5) is 32.7. The molecule has 42 heavy (non-hydrogen) atoms. The minimum Gasteiger partial charge on any atom is -0.382 e. The Balaban J connectivity index is 1.48. The normalized spacial score (nSPS) is 14.0. The maximum atomic E-state index is 12.4. The van der Waals surface area contributed by atoms with Gasteiger partial charge in [-0.2, -0.15) is 4.98 Å². The molecule has 0 saturated heterocycles. The second-order valence-corrected chi connectivity index (χ2v) is 12.7. The number of nitrogens with two attached hydrogens (primary N) is 1. The molecule has 2 heterocycles. The van der Waals surface area contributed by atoms with Gasteiger partial charge in [0.1, 0.15) is 6.35 Å². The fraction of sp³-hybridized carbons (Fsp3) is 0.828. The van der Waals surface area contributed by atoms with Crippen molar-refractivity contribution in [1.29, 1.82) is 0 Å². The molecular weight excluding hydrogens is 561 g/mol. The summed E-state index contributed by atoms with van der Waals surface area (Å²) in [6, 6.07) is 0. The van der Waals surface area contributed by atoms with Crippen molar-refractivity contribution in [2.75, 3.05) is 45.6 Å². The number of methoxy groups -OCH3 is 1. The Morgan fingerprint density at radius 3 is 2.17 bits per heavy atom. The number of hydrogen-bond donors (Lipinski definition) is 3. The van der Waals surface area contributed by atoms with Gasteiger partial charge in [0.05, 0.1) is 32.2 Å². The molecule has 2 rings (SSSR count). The van der Waals surface area contributed by atoms with Gasteiger partial charge in [0.25, 0.3) is 5.56 Å². The molecule has 0 fully saturated rings. The van der Waals surface area contributed by atoms with Crippen molar-refractivity contribution < 1.29 is 28.2 Å². The molecule has 0 radical (unpaired) electrons. The van der Waals surface area contributed by atoms with Crippen molar-refractivity contribution in [3.05, 3.63) is 16.7 Å². The van der Waals surface area contributed by atoms with Gasteiger partial charge in [-0.1, -0.05) is 90.4 Å². The second kappa shape index (κ2) is 21.8. The van der Waals surface area contributed by atoms with Gasteiger partial charge >= 0.3 is 7.60 Å². The zero-order valence-corrected chi connectivity index (χ0v) is 26.7. The Hall–Kier alpha value is -1.82. The highest BCUT2D eigenvalue weighted by molar-refractivity contribution is 7.52. The van der Waals surface area contributed by atoms with Crippen LogP contribution in [-0.2, 0) is 29.8 Å². The fourth-order valence-corrected chi connectivity index (χ4v) is 5.66. The molecule has 12 nitrogen and oxygen atoms in total. The van der Waals surface area contributed by atoms with E-state index in [0.29, 0.717) is 25.3 Å². The van der Waals surface area contributed by atoms with E-state index in [0.717, 1.165) is 6.42 Å². The highest BCUT2D eigenvalue weighted by Crippen LogP contribution is 2.42. The van der Waals surface area contributed by atoms with Crippen LogP contribution in [0.2, 0.25) is 0 Å². The maximum absolute atomic E-state index is 12.4. The predicted molar refractivity (Wildman–Crippen MR) is 166 cm³/mol. The Kier molecular flexibility index (Phi) is 18.9. The molecule has 0 amide bonds. The van der Waals surface area contributed by atoms with Crippen LogP contribution in [0.4, 0.5) is 5.95 Å². The van der Waals surface area contributed by atoms with Crippen LogP contribution in [-0.4, -0.2) is 70.4 Å². The minimum absolute atomic E-state index is 0.0321. The lowest BCUT2D eigenvalue weighted by atomic mass is 10.0. The quantitative estimate of drug-likeness (QED) is 0.0829. The number of fused-ring (bicyclic) bond motifs is 1. The van der Waals surface area contributed by atoms with Crippen molar-refractivity contribution in [2.45, 2.75) is 116 Å². The van der Waals surface area contributed by atoms with Crippen molar-refractivity contribution >= 4 is 24.7 Å². The summed E-state index contributed by atoms with van der Waals surface area (Å²) in [5, 5.41) is 0. The van der Waals surface area contributed by atoms with E-state index in [1.54, 1.807) is 4.57 Å². The van der Waals surface area contributed by atoms with Gasteiger partial charge in [0.2, 0.25) is 5.95 Å². The van der Waals surface area contributed by atoms with Crippen LogP contribution in [0.1, 0.15) is 103 Å². The molecule has 0 spiro atoms. The Labute approximate surface area is 250 Å². The van der Waals surface area contributed by atoms with Gasteiger partial charge in [-0.25, -0.2) is 4.98 Å². The summed E-state index contributed by atoms with van der Waals surface area (Å²) in [5.74, 6) is -0.0321. The number of aromatic amines is 1. The number of H-pyrrole nitrogens is 1. The average molecular weight is 616 g/mol. The summed E-state index contributed by atoms with van der Waals surface area (Å²) < 4.78 is 35.7. The first-order valence-electron chi connectivity index (χ1n) is 15.7. The van der Waals surface area contributed by atoms with E-state index in [1.165, 1.54) is 96.9 Å². The van der Waals surface area contributed by atoms with Gasteiger partial charge in [0.15, 0.2) is 11.2 Å². The first-order chi connectivity index (χ1) is 20.4. The number of imidazole rings is 1. The number of aromatic nitrogens is 4. The summed E-state index contributed by atoms with van der Waals surface area (Å²) in [6.45, 7) is 3.88.